The Morgan fingerprint density at radius 1 is 1.03 bits per heavy atom. The molecule has 2 heterocycles. The van der Waals surface area contributed by atoms with Gasteiger partial charge in [0.2, 0.25) is 0 Å². The Hall–Kier alpha value is -3.34. The van der Waals surface area contributed by atoms with Crippen LogP contribution in [-0.4, -0.2) is 41.5 Å². The van der Waals surface area contributed by atoms with E-state index in [4.69, 9.17) is 5.73 Å². The van der Waals surface area contributed by atoms with Crippen LogP contribution in [0, 0.1) is 6.92 Å². The summed E-state index contributed by atoms with van der Waals surface area (Å²) in [6.07, 6.45) is 1.68. The van der Waals surface area contributed by atoms with Crippen molar-refractivity contribution in [2.75, 3.05) is 30.3 Å². The van der Waals surface area contributed by atoms with Crippen molar-refractivity contribution in [2.45, 2.75) is 19.9 Å². The number of piperazine rings is 1. The number of hydrogen-bond donors (Lipinski definition) is 1. The number of nitrogen functional groups attached to an aromatic ring is 1. The zero-order valence-electron chi connectivity index (χ0n) is 16.9. The van der Waals surface area contributed by atoms with E-state index < -0.39 is 0 Å². The van der Waals surface area contributed by atoms with Gasteiger partial charge in [-0.1, -0.05) is 30.3 Å². The molecule has 0 spiro atoms. The number of carbonyl (C=O) groups is 1. The van der Waals surface area contributed by atoms with E-state index in [1.165, 1.54) is 11.3 Å². The SMILES string of the molecule is Cc1ccccc1N1CCN(C(=O)c2ccc(-c3cccnc3N)cc2)C(C)C1. The third kappa shape index (κ3) is 3.81. The highest BCUT2D eigenvalue weighted by atomic mass is 16.2. The first-order valence-electron chi connectivity index (χ1n) is 9.97. The lowest BCUT2D eigenvalue weighted by molar-refractivity contribution is 0.0674. The zero-order valence-corrected chi connectivity index (χ0v) is 16.9. The lowest BCUT2D eigenvalue weighted by Crippen LogP contribution is -2.54. The summed E-state index contributed by atoms with van der Waals surface area (Å²) < 4.78 is 0. The molecule has 5 nitrogen and oxygen atoms in total. The fourth-order valence-electron chi connectivity index (χ4n) is 4.02. The number of nitrogens with two attached hydrogens (primary N) is 1. The molecule has 1 amide bonds. The Labute approximate surface area is 171 Å². The Balaban J connectivity index is 1.48. The molecule has 2 N–H and O–H groups in total. The van der Waals surface area contributed by atoms with Crippen molar-refractivity contribution in [3.8, 4) is 11.1 Å². The van der Waals surface area contributed by atoms with Gasteiger partial charge in [0.05, 0.1) is 0 Å². The number of anilines is 2. The van der Waals surface area contributed by atoms with Crippen LogP contribution < -0.4 is 10.6 Å². The van der Waals surface area contributed by atoms with Crippen LogP contribution in [0.2, 0.25) is 0 Å². The summed E-state index contributed by atoms with van der Waals surface area (Å²) in [5, 5.41) is 0. The molecule has 2 aromatic carbocycles. The van der Waals surface area contributed by atoms with Gasteiger partial charge in [0.25, 0.3) is 5.91 Å². The van der Waals surface area contributed by atoms with Gasteiger partial charge in [-0.25, -0.2) is 4.98 Å². The van der Waals surface area contributed by atoms with Crippen LogP contribution in [0.15, 0.2) is 66.9 Å². The highest BCUT2D eigenvalue weighted by molar-refractivity contribution is 5.95. The monoisotopic (exact) mass is 386 g/mol. The normalized spacial score (nSPS) is 16.7. The molecule has 148 valence electrons. The molecule has 0 radical (unpaired) electrons. The average molecular weight is 386 g/mol. The number of amides is 1. The van der Waals surface area contributed by atoms with Crippen LogP contribution in [0.25, 0.3) is 11.1 Å². The minimum absolute atomic E-state index is 0.0765. The summed E-state index contributed by atoms with van der Waals surface area (Å²) in [5.41, 5.74) is 11.0. The van der Waals surface area contributed by atoms with E-state index in [-0.39, 0.29) is 11.9 Å². The molecule has 1 atom stereocenters. The number of benzene rings is 2. The van der Waals surface area contributed by atoms with Gasteiger partial charge in [-0.05, 0) is 55.3 Å². The maximum atomic E-state index is 13.1. The van der Waals surface area contributed by atoms with E-state index in [1.807, 2.05) is 41.3 Å². The molecule has 1 aliphatic rings. The molecule has 1 fully saturated rings. The maximum absolute atomic E-state index is 13.1. The molecule has 1 aromatic heterocycles. The Morgan fingerprint density at radius 3 is 2.48 bits per heavy atom. The molecule has 4 rings (SSSR count). The maximum Gasteiger partial charge on any atom is 0.254 e. The summed E-state index contributed by atoms with van der Waals surface area (Å²) in [6, 6.07) is 20.0. The van der Waals surface area contributed by atoms with Crippen molar-refractivity contribution in [3.05, 3.63) is 78.0 Å². The molecule has 0 saturated carbocycles. The first-order valence-corrected chi connectivity index (χ1v) is 9.97. The van der Waals surface area contributed by atoms with E-state index in [0.717, 1.165) is 24.2 Å². The van der Waals surface area contributed by atoms with E-state index in [1.54, 1.807) is 6.20 Å². The Morgan fingerprint density at radius 2 is 1.79 bits per heavy atom. The second kappa shape index (κ2) is 7.95. The molecule has 1 saturated heterocycles. The Bertz CT molecular complexity index is 1020. The van der Waals surface area contributed by atoms with Gasteiger partial charge in [0.15, 0.2) is 0 Å². The third-order valence-corrected chi connectivity index (χ3v) is 5.63. The first-order chi connectivity index (χ1) is 14.0. The van der Waals surface area contributed by atoms with Gasteiger partial charge in [-0.15, -0.1) is 0 Å². The van der Waals surface area contributed by atoms with Gasteiger partial charge in [-0.2, -0.15) is 0 Å². The van der Waals surface area contributed by atoms with E-state index in [0.29, 0.717) is 17.9 Å². The minimum atomic E-state index is 0.0765. The highest BCUT2D eigenvalue weighted by Gasteiger charge is 2.28. The van der Waals surface area contributed by atoms with Crippen LogP contribution in [0.1, 0.15) is 22.8 Å². The van der Waals surface area contributed by atoms with Crippen LogP contribution >= 0.6 is 0 Å². The van der Waals surface area contributed by atoms with E-state index in [2.05, 4.69) is 48.0 Å². The van der Waals surface area contributed by atoms with Crippen molar-refractivity contribution in [2.24, 2.45) is 0 Å². The summed E-state index contributed by atoms with van der Waals surface area (Å²) in [6.45, 7) is 6.64. The van der Waals surface area contributed by atoms with Crippen LogP contribution in [0.4, 0.5) is 11.5 Å². The van der Waals surface area contributed by atoms with Gasteiger partial charge in [-0.3, -0.25) is 4.79 Å². The van der Waals surface area contributed by atoms with Crippen LogP contribution in [0.5, 0.6) is 0 Å². The second-order valence-electron chi connectivity index (χ2n) is 7.59. The molecule has 1 aliphatic heterocycles. The highest BCUT2D eigenvalue weighted by Crippen LogP contribution is 2.26. The average Bonchev–Trinajstić information content (AvgIpc) is 2.74. The fraction of sp³-hybridized carbons (Fsp3) is 0.250. The van der Waals surface area contributed by atoms with Gasteiger partial charge in [0, 0.05) is 48.7 Å². The largest absolute Gasteiger partial charge is 0.383 e. The topological polar surface area (TPSA) is 62.5 Å². The second-order valence-corrected chi connectivity index (χ2v) is 7.59. The number of rotatable bonds is 3. The minimum Gasteiger partial charge on any atom is -0.383 e. The number of nitrogens with zero attached hydrogens (tertiary/aromatic N) is 3. The van der Waals surface area contributed by atoms with E-state index in [9.17, 15) is 4.79 Å². The van der Waals surface area contributed by atoms with Crippen LogP contribution in [-0.2, 0) is 0 Å². The van der Waals surface area contributed by atoms with Crippen molar-refractivity contribution in [3.63, 3.8) is 0 Å². The summed E-state index contributed by atoms with van der Waals surface area (Å²) in [4.78, 5) is 21.6. The van der Waals surface area contributed by atoms with Gasteiger partial charge in [0.1, 0.15) is 5.82 Å². The zero-order chi connectivity index (χ0) is 20.4. The molecular weight excluding hydrogens is 360 g/mol. The molecular formula is C24H26N4O. The van der Waals surface area contributed by atoms with E-state index >= 15 is 0 Å². The number of hydrogen-bond acceptors (Lipinski definition) is 4. The summed E-state index contributed by atoms with van der Waals surface area (Å²) in [7, 11) is 0. The molecule has 1 unspecified atom stereocenters. The standard InChI is InChI=1S/C24H26N4O/c1-17-6-3-4-8-22(17)27-14-15-28(18(2)16-27)24(29)20-11-9-19(10-12-20)21-7-5-13-26-23(21)25/h3-13,18H,14-16H2,1-2H3,(H2,25,26). The van der Waals surface area contributed by atoms with Crippen molar-refractivity contribution in [1.82, 2.24) is 9.88 Å². The third-order valence-electron chi connectivity index (χ3n) is 5.63. The van der Waals surface area contributed by atoms with Crippen molar-refractivity contribution >= 4 is 17.4 Å². The molecule has 3 aromatic rings. The number of carbonyl (C=O) groups excluding carboxylic acids is 1. The molecule has 5 heteroatoms. The summed E-state index contributed by atoms with van der Waals surface area (Å²) >= 11 is 0. The number of aryl methyl sites for hydroxylation is 1. The predicted octanol–water partition coefficient (Wildman–Crippen LogP) is 3.99. The lowest BCUT2D eigenvalue weighted by atomic mass is 10.0. The quantitative estimate of drug-likeness (QED) is 0.739. The molecule has 0 aliphatic carbocycles. The smallest absolute Gasteiger partial charge is 0.254 e. The van der Waals surface area contributed by atoms with Gasteiger partial charge >= 0.3 is 0 Å². The number of para-hydroxylation sites is 1. The Kier molecular flexibility index (Phi) is 5.21. The van der Waals surface area contributed by atoms with Gasteiger partial charge < -0.3 is 15.5 Å². The first kappa shape index (κ1) is 19.0. The van der Waals surface area contributed by atoms with Crippen LogP contribution in [0.3, 0.4) is 0 Å². The summed E-state index contributed by atoms with van der Waals surface area (Å²) in [5.74, 6) is 0.570. The molecule has 29 heavy (non-hydrogen) atoms. The number of pyridine rings is 1. The van der Waals surface area contributed by atoms with Crippen molar-refractivity contribution in [1.29, 1.82) is 0 Å². The fourth-order valence-corrected chi connectivity index (χ4v) is 4.02. The lowest BCUT2D eigenvalue weighted by Gasteiger charge is -2.41. The van der Waals surface area contributed by atoms with Crippen molar-refractivity contribution < 1.29 is 4.79 Å². The molecule has 0 bridgehead atoms. The predicted molar refractivity (Wildman–Crippen MR) is 118 cm³/mol. The number of aromatic nitrogens is 1.